The lowest BCUT2D eigenvalue weighted by molar-refractivity contribution is 0.152. The number of aryl methyl sites for hydroxylation is 1. The molecule has 0 radical (unpaired) electrons. The SMILES string of the molecule is CCNC(CN1CCC(COC)C1)c1ccc(C)cc1. The van der Waals surface area contributed by atoms with Crippen LogP contribution in [0.25, 0.3) is 0 Å². The van der Waals surface area contributed by atoms with E-state index >= 15 is 0 Å². The minimum absolute atomic E-state index is 0.432. The van der Waals surface area contributed by atoms with Crippen LogP contribution >= 0.6 is 0 Å². The average Bonchev–Trinajstić information content (AvgIpc) is 2.87. The molecule has 2 atom stereocenters. The van der Waals surface area contributed by atoms with E-state index in [1.165, 1.54) is 30.6 Å². The highest BCUT2D eigenvalue weighted by Gasteiger charge is 2.24. The predicted molar refractivity (Wildman–Crippen MR) is 84.0 cm³/mol. The second-order valence-corrected chi connectivity index (χ2v) is 5.89. The van der Waals surface area contributed by atoms with Gasteiger partial charge in [0, 0.05) is 26.2 Å². The van der Waals surface area contributed by atoms with Gasteiger partial charge in [0.05, 0.1) is 6.61 Å². The summed E-state index contributed by atoms with van der Waals surface area (Å²) in [7, 11) is 1.80. The summed E-state index contributed by atoms with van der Waals surface area (Å²) in [6.45, 7) is 9.68. The van der Waals surface area contributed by atoms with E-state index in [0.717, 1.165) is 19.7 Å². The number of nitrogens with zero attached hydrogens (tertiary/aromatic N) is 1. The Morgan fingerprint density at radius 3 is 2.75 bits per heavy atom. The fourth-order valence-electron chi connectivity index (χ4n) is 3.04. The summed E-state index contributed by atoms with van der Waals surface area (Å²) < 4.78 is 5.28. The molecule has 112 valence electrons. The van der Waals surface area contributed by atoms with Crippen molar-refractivity contribution in [3.8, 4) is 0 Å². The molecule has 1 aromatic rings. The highest BCUT2D eigenvalue weighted by molar-refractivity contribution is 5.24. The lowest BCUT2D eigenvalue weighted by Gasteiger charge is -2.25. The fourth-order valence-corrected chi connectivity index (χ4v) is 3.04. The Morgan fingerprint density at radius 1 is 1.35 bits per heavy atom. The maximum atomic E-state index is 5.28. The second-order valence-electron chi connectivity index (χ2n) is 5.89. The molecular formula is C17H28N2O. The molecule has 0 bridgehead atoms. The molecule has 0 amide bonds. The van der Waals surface area contributed by atoms with Crippen LogP contribution in [0.1, 0.15) is 30.5 Å². The Bertz CT molecular complexity index is 390. The molecule has 3 nitrogen and oxygen atoms in total. The van der Waals surface area contributed by atoms with Crippen molar-refractivity contribution in [3.63, 3.8) is 0 Å². The maximum absolute atomic E-state index is 5.28. The first-order valence-electron chi connectivity index (χ1n) is 7.74. The van der Waals surface area contributed by atoms with Gasteiger partial charge in [-0.3, -0.25) is 0 Å². The van der Waals surface area contributed by atoms with E-state index in [-0.39, 0.29) is 0 Å². The van der Waals surface area contributed by atoms with E-state index in [9.17, 15) is 0 Å². The third-order valence-corrected chi connectivity index (χ3v) is 4.14. The number of hydrogen-bond acceptors (Lipinski definition) is 3. The van der Waals surface area contributed by atoms with Gasteiger partial charge < -0.3 is 15.0 Å². The number of likely N-dealkylation sites (tertiary alicyclic amines) is 1. The zero-order chi connectivity index (χ0) is 14.4. The van der Waals surface area contributed by atoms with Crippen molar-refractivity contribution in [1.82, 2.24) is 10.2 Å². The Hall–Kier alpha value is -0.900. The third-order valence-electron chi connectivity index (χ3n) is 4.14. The van der Waals surface area contributed by atoms with Crippen molar-refractivity contribution in [2.45, 2.75) is 26.3 Å². The molecule has 0 spiro atoms. The van der Waals surface area contributed by atoms with Crippen molar-refractivity contribution in [2.24, 2.45) is 5.92 Å². The highest BCUT2D eigenvalue weighted by Crippen LogP contribution is 2.21. The molecule has 2 unspecified atom stereocenters. The summed E-state index contributed by atoms with van der Waals surface area (Å²) >= 11 is 0. The minimum Gasteiger partial charge on any atom is -0.384 e. The van der Waals surface area contributed by atoms with Crippen LogP contribution < -0.4 is 5.32 Å². The summed E-state index contributed by atoms with van der Waals surface area (Å²) in [5.74, 6) is 0.709. The van der Waals surface area contributed by atoms with Gasteiger partial charge >= 0.3 is 0 Å². The van der Waals surface area contributed by atoms with Crippen LogP contribution in [0.2, 0.25) is 0 Å². The van der Waals surface area contributed by atoms with Crippen molar-refractivity contribution < 1.29 is 4.74 Å². The average molecular weight is 276 g/mol. The summed E-state index contributed by atoms with van der Waals surface area (Å²) in [4.78, 5) is 2.57. The Labute approximate surface area is 123 Å². The molecule has 1 aliphatic rings. The summed E-state index contributed by atoms with van der Waals surface area (Å²) in [5, 5.41) is 3.62. The smallest absolute Gasteiger partial charge is 0.0503 e. The molecule has 1 aromatic carbocycles. The van der Waals surface area contributed by atoms with Crippen LogP contribution in [0.3, 0.4) is 0 Å². The van der Waals surface area contributed by atoms with Crippen LogP contribution in [-0.2, 0) is 4.74 Å². The summed E-state index contributed by atoms with van der Waals surface area (Å²) in [5.41, 5.74) is 2.72. The predicted octanol–water partition coefficient (Wildman–Crippen LogP) is 2.61. The molecule has 1 aliphatic heterocycles. The van der Waals surface area contributed by atoms with E-state index < -0.39 is 0 Å². The maximum Gasteiger partial charge on any atom is 0.0503 e. The van der Waals surface area contributed by atoms with Gasteiger partial charge in [0.1, 0.15) is 0 Å². The first-order valence-corrected chi connectivity index (χ1v) is 7.74. The molecule has 2 rings (SSSR count). The van der Waals surface area contributed by atoms with E-state index in [1.807, 2.05) is 0 Å². The molecular weight excluding hydrogens is 248 g/mol. The van der Waals surface area contributed by atoms with Gasteiger partial charge in [-0.25, -0.2) is 0 Å². The van der Waals surface area contributed by atoms with E-state index in [0.29, 0.717) is 12.0 Å². The minimum atomic E-state index is 0.432. The van der Waals surface area contributed by atoms with Crippen molar-refractivity contribution in [2.75, 3.05) is 39.9 Å². The first kappa shape index (κ1) is 15.5. The fraction of sp³-hybridized carbons (Fsp3) is 0.647. The quantitative estimate of drug-likeness (QED) is 0.828. The van der Waals surface area contributed by atoms with Gasteiger partial charge in [-0.05, 0) is 37.9 Å². The van der Waals surface area contributed by atoms with Gasteiger partial charge in [-0.1, -0.05) is 36.8 Å². The number of likely N-dealkylation sites (N-methyl/N-ethyl adjacent to an activating group) is 1. The van der Waals surface area contributed by atoms with E-state index in [4.69, 9.17) is 4.74 Å². The van der Waals surface area contributed by atoms with Crippen molar-refractivity contribution in [1.29, 1.82) is 0 Å². The number of methoxy groups -OCH3 is 1. The Balaban J connectivity index is 1.94. The van der Waals surface area contributed by atoms with Crippen LogP contribution in [0.4, 0.5) is 0 Å². The van der Waals surface area contributed by atoms with Crippen LogP contribution in [0.5, 0.6) is 0 Å². The Kier molecular flexibility index (Phi) is 6.02. The monoisotopic (exact) mass is 276 g/mol. The lowest BCUT2D eigenvalue weighted by atomic mass is 10.0. The molecule has 1 N–H and O–H groups in total. The zero-order valence-corrected chi connectivity index (χ0v) is 13.1. The molecule has 0 saturated carbocycles. The molecule has 3 heteroatoms. The van der Waals surface area contributed by atoms with Gasteiger partial charge in [0.2, 0.25) is 0 Å². The number of hydrogen-bond donors (Lipinski definition) is 1. The number of rotatable bonds is 7. The molecule has 1 fully saturated rings. The van der Waals surface area contributed by atoms with E-state index in [2.05, 4.69) is 48.3 Å². The van der Waals surface area contributed by atoms with Gasteiger partial charge in [0.25, 0.3) is 0 Å². The normalized spacial score (nSPS) is 21.2. The standard InChI is InChI=1S/C17H28N2O/c1-4-18-17(16-7-5-14(2)6-8-16)12-19-10-9-15(11-19)13-20-3/h5-8,15,17-18H,4,9-13H2,1-3H3. The summed E-state index contributed by atoms with van der Waals surface area (Å²) in [6, 6.07) is 9.35. The molecule has 1 saturated heterocycles. The number of ether oxygens (including phenoxy) is 1. The number of benzene rings is 1. The van der Waals surface area contributed by atoms with Crippen LogP contribution in [0.15, 0.2) is 24.3 Å². The topological polar surface area (TPSA) is 24.5 Å². The molecule has 1 heterocycles. The van der Waals surface area contributed by atoms with E-state index in [1.54, 1.807) is 7.11 Å². The second kappa shape index (κ2) is 7.77. The zero-order valence-electron chi connectivity index (χ0n) is 13.1. The first-order chi connectivity index (χ1) is 9.72. The third kappa shape index (κ3) is 4.30. The largest absolute Gasteiger partial charge is 0.384 e. The molecule has 0 aliphatic carbocycles. The van der Waals surface area contributed by atoms with Crippen LogP contribution in [-0.4, -0.2) is 44.8 Å². The molecule has 20 heavy (non-hydrogen) atoms. The summed E-state index contributed by atoms with van der Waals surface area (Å²) in [6.07, 6.45) is 1.26. The molecule has 0 aromatic heterocycles. The van der Waals surface area contributed by atoms with Gasteiger partial charge in [-0.2, -0.15) is 0 Å². The Morgan fingerprint density at radius 2 is 2.10 bits per heavy atom. The number of nitrogens with one attached hydrogen (secondary N) is 1. The lowest BCUT2D eigenvalue weighted by Crippen LogP contribution is -2.34. The van der Waals surface area contributed by atoms with Crippen molar-refractivity contribution in [3.05, 3.63) is 35.4 Å². The van der Waals surface area contributed by atoms with Gasteiger partial charge in [-0.15, -0.1) is 0 Å². The van der Waals surface area contributed by atoms with Gasteiger partial charge in [0.15, 0.2) is 0 Å². The van der Waals surface area contributed by atoms with Crippen molar-refractivity contribution >= 4 is 0 Å². The van der Waals surface area contributed by atoms with Crippen LogP contribution in [0, 0.1) is 12.8 Å². The highest BCUT2D eigenvalue weighted by atomic mass is 16.5.